The number of anilines is 3. The zero-order valence-electron chi connectivity index (χ0n) is 12.5. The van der Waals surface area contributed by atoms with Crippen LogP contribution in [0.4, 0.5) is 17.1 Å². The van der Waals surface area contributed by atoms with Gasteiger partial charge in [-0.05, 0) is 37.5 Å². The molecule has 110 valence electrons. The van der Waals surface area contributed by atoms with Crippen LogP contribution >= 0.6 is 0 Å². The van der Waals surface area contributed by atoms with Crippen molar-refractivity contribution >= 4 is 23.0 Å². The second-order valence-electron chi connectivity index (χ2n) is 5.69. The van der Waals surface area contributed by atoms with E-state index in [1.807, 2.05) is 6.07 Å². The molecule has 0 saturated heterocycles. The standard InChI is InChI=1S/C16H25N3O/c1-3-4-5-6-11(2)18-15-9-12-7-8-16(20)19-14(12)10-13(15)17/h9-11,18H,3-8,17H2,1-2H3,(H,19,20). The van der Waals surface area contributed by atoms with E-state index in [2.05, 4.69) is 30.5 Å². The maximum absolute atomic E-state index is 11.4. The minimum atomic E-state index is 0.0746. The van der Waals surface area contributed by atoms with Crippen LogP contribution in [0.3, 0.4) is 0 Å². The largest absolute Gasteiger partial charge is 0.397 e. The highest BCUT2D eigenvalue weighted by molar-refractivity contribution is 5.95. The molecular formula is C16H25N3O. The number of amides is 1. The van der Waals surface area contributed by atoms with Crippen molar-refractivity contribution in [2.45, 2.75) is 58.4 Å². The van der Waals surface area contributed by atoms with Crippen molar-refractivity contribution in [2.75, 3.05) is 16.4 Å². The molecule has 4 heteroatoms. The number of unbranched alkanes of at least 4 members (excludes halogenated alkanes) is 2. The molecule has 1 amide bonds. The Labute approximate surface area is 121 Å². The zero-order chi connectivity index (χ0) is 14.5. The molecule has 0 aromatic heterocycles. The van der Waals surface area contributed by atoms with Gasteiger partial charge in [0.25, 0.3) is 0 Å². The van der Waals surface area contributed by atoms with E-state index in [0.29, 0.717) is 18.2 Å². The third-order valence-corrected chi connectivity index (χ3v) is 3.81. The second kappa shape index (κ2) is 6.64. The van der Waals surface area contributed by atoms with Crippen LogP contribution in [0, 0.1) is 0 Å². The molecule has 2 rings (SSSR count). The molecule has 1 aromatic carbocycles. The summed E-state index contributed by atoms with van der Waals surface area (Å²) in [7, 11) is 0. The average Bonchev–Trinajstić information content (AvgIpc) is 2.40. The molecule has 4 nitrogen and oxygen atoms in total. The Morgan fingerprint density at radius 1 is 1.35 bits per heavy atom. The van der Waals surface area contributed by atoms with Gasteiger partial charge in [-0.3, -0.25) is 4.79 Å². The Kier molecular flexibility index (Phi) is 4.88. The maximum Gasteiger partial charge on any atom is 0.224 e. The number of nitrogens with two attached hydrogens (primary N) is 1. The van der Waals surface area contributed by atoms with Gasteiger partial charge in [0.15, 0.2) is 0 Å². The van der Waals surface area contributed by atoms with Gasteiger partial charge in [-0.25, -0.2) is 0 Å². The molecule has 0 radical (unpaired) electrons. The molecule has 4 N–H and O–H groups in total. The Bertz CT molecular complexity index is 485. The molecule has 1 aromatic rings. The lowest BCUT2D eigenvalue weighted by atomic mass is 10.0. The smallest absolute Gasteiger partial charge is 0.224 e. The van der Waals surface area contributed by atoms with Crippen LogP contribution in [0.15, 0.2) is 12.1 Å². The Morgan fingerprint density at radius 2 is 2.15 bits per heavy atom. The predicted molar refractivity (Wildman–Crippen MR) is 85.0 cm³/mol. The topological polar surface area (TPSA) is 67.2 Å². The first-order chi connectivity index (χ1) is 9.60. The number of rotatable bonds is 6. The number of carbonyl (C=O) groups is 1. The van der Waals surface area contributed by atoms with E-state index in [-0.39, 0.29) is 5.91 Å². The van der Waals surface area contributed by atoms with Gasteiger partial charge in [-0.2, -0.15) is 0 Å². The molecule has 0 fully saturated rings. The van der Waals surface area contributed by atoms with Gasteiger partial charge in [0.2, 0.25) is 5.91 Å². The Morgan fingerprint density at radius 3 is 2.90 bits per heavy atom. The lowest BCUT2D eigenvalue weighted by Gasteiger charge is -2.22. The first-order valence-electron chi connectivity index (χ1n) is 7.59. The van der Waals surface area contributed by atoms with Crippen molar-refractivity contribution in [2.24, 2.45) is 0 Å². The number of fused-ring (bicyclic) bond motifs is 1. The average molecular weight is 275 g/mol. The molecule has 1 aliphatic heterocycles. The molecule has 1 atom stereocenters. The Balaban J connectivity index is 2.03. The van der Waals surface area contributed by atoms with E-state index >= 15 is 0 Å². The predicted octanol–water partition coefficient (Wildman–Crippen LogP) is 3.53. The number of benzene rings is 1. The third-order valence-electron chi connectivity index (χ3n) is 3.81. The summed E-state index contributed by atoms with van der Waals surface area (Å²) >= 11 is 0. The first-order valence-corrected chi connectivity index (χ1v) is 7.59. The third kappa shape index (κ3) is 3.65. The van der Waals surface area contributed by atoms with E-state index in [1.54, 1.807) is 0 Å². The van der Waals surface area contributed by atoms with Crippen molar-refractivity contribution in [3.63, 3.8) is 0 Å². The normalized spacial score (nSPS) is 15.4. The second-order valence-corrected chi connectivity index (χ2v) is 5.69. The van der Waals surface area contributed by atoms with Gasteiger partial charge in [0, 0.05) is 18.2 Å². The lowest BCUT2D eigenvalue weighted by molar-refractivity contribution is -0.116. The molecule has 20 heavy (non-hydrogen) atoms. The highest BCUT2D eigenvalue weighted by Crippen LogP contribution is 2.31. The summed E-state index contributed by atoms with van der Waals surface area (Å²) in [5.74, 6) is 0.0746. The highest BCUT2D eigenvalue weighted by Gasteiger charge is 2.17. The number of nitrogen functional groups attached to an aromatic ring is 1. The van der Waals surface area contributed by atoms with Gasteiger partial charge in [0.05, 0.1) is 11.4 Å². The fourth-order valence-corrected chi connectivity index (χ4v) is 2.61. The minimum absolute atomic E-state index is 0.0746. The van der Waals surface area contributed by atoms with Crippen LogP contribution in [-0.2, 0) is 11.2 Å². The van der Waals surface area contributed by atoms with Crippen LogP contribution < -0.4 is 16.4 Å². The monoisotopic (exact) mass is 275 g/mol. The van der Waals surface area contributed by atoms with Gasteiger partial charge < -0.3 is 16.4 Å². The van der Waals surface area contributed by atoms with Crippen molar-refractivity contribution in [3.05, 3.63) is 17.7 Å². The lowest BCUT2D eigenvalue weighted by Crippen LogP contribution is -2.21. The zero-order valence-corrected chi connectivity index (χ0v) is 12.5. The number of hydrogen-bond acceptors (Lipinski definition) is 3. The maximum atomic E-state index is 11.4. The van der Waals surface area contributed by atoms with Crippen molar-refractivity contribution < 1.29 is 4.79 Å². The summed E-state index contributed by atoms with van der Waals surface area (Å²) in [5.41, 5.74) is 9.80. The van der Waals surface area contributed by atoms with E-state index < -0.39 is 0 Å². The summed E-state index contributed by atoms with van der Waals surface area (Å²) < 4.78 is 0. The molecule has 0 spiro atoms. The fourth-order valence-electron chi connectivity index (χ4n) is 2.61. The van der Waals surface area contributed by atoms with Crippen LogP contribution in [0.1, 0.15) is 51.5 Å². The highest BCUT2D eigenvalue weighted by atomic mass is 16.1. The summed E-state index contributed by atoms with van der Waals surface area (Å²) in [6.45, 7) is 4.41. The van der Waals surface area contributed by atoms with Crippen LogP contribution in [0.2, 0.25) is 0 Å². The molecule has 1 aliphatic rings. The van der Waals surface area contributed by atoms with Crippen molar-refractivity contribution in [1.82, 2.24) is 0 Å². The molecule has 0 bridgehead atoms. The summed E-state index contributed by atoms with van der Waals surface area (Å²) in [6, 6.07) is 4.37. The van der Waals surface area contributed by atoms with Gasteiger partial charge >= 0.3 is 0 Å². The summed E-state index contributed by atoms with van der Waals surface area (Å²) in [4.78, 5) is 11.4. The number of hydrogen-bond donors (Lipinski definition) is 3. The molecule has 0 saturated carbocycles. The first kappa shape index (κ1) is 14.7. The van der Waals surface area contributed by atoms with Gasteiger partial charge in [-0.1, -0.05) is 26.2 Å². The molecule has 0 aliphatic carbocycles. The summed E-state index contributed by atoms with van der Waals surface area (Å²) in [5, 5.41) is 6.37. The van der Waals surface area contributed by atoms with Crippen molar-refractivity contribution in [1.29, 1.82) is 0 Å². The SMILES string of the molecule is CCCCCC(C)Nc1cc2c(cc1N)NC(=O)CC2. The molecule has 1 unspecified atom stereocenters. The van der Waals surface area contributed by atoms with Gasteiger partial charge in [-0.15, -0.1) is 0 Å². The van der Waals surface area contributed by atoms with Crippen LogP contribution in [0.25, 0.3) is 0 Å². The van der Waals surface area contributed by atoms with E-state index in [4.69, 9.17) is 5.73 Å². The number of carbonyl (C=O) groups excluding carboxylic acids is 1. The van der Waals surface area contributed by atoms with Crippen molar-refractivity contribution in [3.8, 4) is 0 Å². The molecule has 1 heterocycles. The fraction of sp³-hybridized carbons (Fsp3) is 0.562. The van der Waals surface area contributed by atoms with Gasteiger partial charge in [0.1, 0.15) is 0 Å². The quantitative estimate of drug-likeness (QED) is 0.549. The van der Waals surface area contributed by atoms with E-state index in [1.165, 1.54) is 24.8 Å². The minimum Gasteiger partial charge on any atom is -0.397 e. The van der Waals surface area contributed by atoms with E-state index in [0.717, 1.165) is 24.2 Å². The number of nitrogens with one attached hydrogen (secondary N) is 2. The van der Waals surface area contributed by atoms with Crippen LogP contribution in [0.5, 0.6) is 0 Å². The van der Waals surface area contributed by atoms with E-state index in [9.17, 15) is 4.79 Å². The Hall–Kier alpha value is -1.71. The summed E-state index contributed by atoms with van der Waals surface area (Å²) in [6.07, 6.45) is 6.26. The van der Waals surface area contributed by atoms with Crippen LogP contribution in [-0.4, -0.2) is 11.9 Å². The molecular weight excluding hydrogens is 250 g/mol. The number of aryl methyl sites for hydroxylation is 1.